The van der Waals surface area contributed by atoms with Gasteiger partial charge < -0.3 is 0 Å². The Balaban J connectivity index is 2.61. The van der Waals surface area contributed by atoms with E-state index in [1.54, 1.807) is 0 Å². The minimum Gasteiger partial charge on any atom is -0.299 e. The van der Waals surface area contributed by atoms with Gasteiger partial charge in [0.25, 0.3) is 0 Å². The Morgan fingerprint density at radius 2 is 2.07 bits per heavy atom. The summed E-state index contributed by atoms with van der Waals surface area (Å²) in [6.07, 6.45) is 6.10. The molecule has 152 valence electrons. The molecule has 1 aromatic rings. The lowest BCUT2D eigenvalue weighted by Crippen LogP contribution is -2.40. The molecule has 10 nitrogen and oxygen atoms in total. The zero-order valence-corrected chi connectivity index (χ0v) is 16.4. The zero-order chi connectivity index (χ0) is 20.1. The summed E-state index contributed by atoms with van der Waals surface area (Å²) in [6, 6.07) is 0. The van der Waals surface area contributed by atoms with Crippen LogP contribution >= 0.6 is 0 Å². The second-order valence-electron chi connectivity index (χ2n) is 6.50. The molecular formula is C17H31N7O3. The summed E-state index contributed by atoms with van der Waals surface area (Å²) in [5.41, 5.74) is 5.24. The molecule has 1 rings (SSSR count). The average molecular weight is 381 g/mol. The summed E-state index contributed by atoms with van der Waals surface area (Å²) < 4.78 is 0. The van der Waals surface area contributed by atoms with Gasteiger partial charge in [-0.05, 0) is 26.4 Å². The van der Waals surface area contributed by atoms with Crippen LogP contribution in [0, 0.1) is 5.92 Å². The standard InChI is InChI=1S/C17H31N7O3/c1-4-6-7-8-14(10-24(27)13-25)16(26)21-22-17-19-12-18-15(20-17)11-23(3)9-5-2/h12-14,27H,4-11H2,1-3H3,(H,21,26)(H,18,19,20,22)/t14-/m1/s1. The van der Waals surface area contributed by atoms with Crippen molar-refractivity contribution in [1.29, 1.82) is 0 Å². The Morgan fingerprint density at radius 3 is 2.74 bits per heavy atom. The summed E-state index contributed by atoms with van der Waals surface area (Å²) >= 11 is 0. The molecule has 1 atom stereocenters. The van der Waals surface area contributed by atoms with Crippen LogP contribution in [0.5, 0.6) is 0 Å². The van der Waals surface area contributed by atoms with Gasteiger partial charge in [-0.1, -0.05) is 33.1 Å². The molecule has 0 aliphatic rings. The summed E-state index contributed by atoms with van der Waals surface area (Å²) in [7, 11) is 1.98. The fourth-order valence-corrected chi connectivity index (χ4v) is 2.60. The number of carbonyl (C=O) groups excluding carboxylic acids is 2. The predicted octanol–water partition coefficient (Wildman–Crippen LogP) is 1.20. The number of rotatable bonds is 14. The van der Waals surface area contributed by atoms with Crippen molar-refractivity contribution in [1.82, 2.24) is 30.3 Å². The van der Waals surface area contributed by atoms with E-state index in [1.807, 2.05) is 7.05 Å². The molecule has 0 spiro atoms. The fraction of sp³-hybridized carbons (Fsp3) is 0.706. The molecule has 27 heavy (non-hydrogen) atoms. The monoisotopic (exact) mass is 381 g/mol. The molecule has 1 heterocycles. The molecule has 1 aromatic heterocycles. The van der Waals surface area contributed by atoms with E-state index in [9.17, 15) is 14.8 Å². The summed E-state index contributed by atoms with van der Waals surface area (Å²) in [5.74, 6) is -0.0326. The predicted molar refractivity (Wildman–Crippen MR) is 100 cm³/mol. The highest BCUT2D eigenvalue weighted by Gasteiger charge is 2.20. The van der Waals surface area contributed by atoms with E-state index in [-0.39, 0.29) is 18.4 Å². The molecule has 0 aromatic carbocycles. The van der Waals surface area contributed by atoms with E-state index in [2.05, 4.69) is 44.6 Å². The molecule has 0 aliphatic carbocycles. The molecule has 0 aliphatic heterocycles. The van der Waals surface area contributed by atoms with Crippen LogP contribution in [0.3, 0.4) is 0 Å². The van der Waals surface area contributed by atoms with E-state index in [0.29, 0.717) is 30.3 Å². The topological polar surface area (TPSA) is 124 Å². The first kappa shape index (κ1) is 22.7. The SMILES string of the molecule is CCCCC[C@H](CN(O)C=O)C(=O)NNc1ncnc(CN(C)CCC)n1. The number of anilines is 1. The van der Waals surface area contributed by atoms with Gasteiger partial charge in [0.2, 0.25) is 18.3 Å². The first-order valence-electron chi connectivity index (χ1n) is 9.33. The molecule has 0 radical (unpaired) electrons. The maximum atomic E-state index is 12.4. The zero-order valence-electron chi connectivity index (χ0n) is 16.4. The maximum absolute atomic E-state index is 12.4. The van der Waals surface area contributed by atoms with Crippen LogP contribution in [-0.4, -0.2) is 62.6 Å². The summed E-state index contributed by atoms with van der Waals surface area (Å²) in [4.78, 5) is 37.5. The number of hydrogen-bond acceptors (Lipinski definition) is 8. The second-order valence-corrected chi connectivity index (χ2v) is 6.50. The van der Waals surface area contributed by atoms with Crippen molar-refractivity contribution >= 4 is 18.3 Å². The minimum absolute atomic E-state index is 0.0645. The Labute approximate surface area is 160 Å². The smallest absolute Gasteiger partial charge is 0.245 e. The number of aromatic nitrogens is 3. The van der Waals surface area contributed by atoms with Crippen molar-refractivity contribution in [2.45, 2.75) is 52.5 Å². The van der Waals surface area contributed by atoms with Crippen molar-refractivity contribution < 1.29 is 14.8 Å². The van der Waals surface area contributed by atoms with Gasteiger partial charge >= 0.3 is 0 Å². The van der Waals surface area contributed by atoms with Gasteiger partial charge in [-0.25, -0.2) is 10.0 Å². The molecular weight excluding hydrogens is 350 g/mol. The fourth-order valence-electron chi connectivity index (χ4n) is 2.60. The molecule has 0 saturated carbocycles. The summed E-state index contributed by atoms with van der Waals surface area (Å²) in [5, 5.41) is 9.90. The van der Waals surface area contributed by atoms with Crippen molar-refractivity contribution in [3.63, 3.8) is 0 Å². The van der Waals surface area contributed by atoms with Gasteiger partial charge in [0.05, 0.1) is 19.0 Å². The summed E-state index contributed by atoms with van der Waals surface area (Å²) in [6.45, 7) is 5.61. The van der Waals surface area contributed by atoms with Crippen LogP contribution in [0.1, 0.15) is 51.8 Å². The Hall–Kier alpha value is -2.33. The lowest BCUT2D eigenvalue weighted by molar-refractivity contribution is -0.154. The quantitative estimate of drug-likeness (QED) is 0.190. The molecule has 2 amide bonds. The maximum Gasteiger partial charge on any atom is 0.245 e. The number of nitrogens with zero attached hydrogens (tertiary/aromatic N) is 5. The largest absolute Gasteiger partial charge is 0.299 e. The molecule has 0 unspecified atom stereocenters. The number of nitrogens with one attached hydrogen (secondary N) is 2. The van der Waals surface area contributed by atoms with Crippen LogP contribution in [-0.2, 0) is 16.1 Å². The van der Waals surface area contributed by atoms with Crippen molar-refractivity contribution in [3.05, 3.63) is 12.2 Å². The van der Waals surface area contributed by atoms with E-state index in [4.69, 9.17) is 0 Å². The molecule has 0 saturated heterocycles. The highest BCUT2D eigenvalue weighted by molar-refractivity contribution is 5.80. The van der Waals surface area contributed by atoms with E-state index in [1.165, 1.54) is 6.33 Å². The number of unbranched alkanes of at least 4 members (excludes halogenated alkanes) is 2. The van der Waals surface area contributed by atoms with Crippen molar-refractivity contribution in [2.75, 3.05) is 25.6 Å². The number of hydrogen-bond donors (Lipinski definition) is 3. The van der Waals surface area contributed by atoms with Crippen LogP contribution in [0.25, 0.3) is 0 Å². The van der Waals surface area contributed by atoms with Crippen LogP contribution in [0.15, 0.2) is 6.33 Å². The van der Waals surface area contributed by atoms with Crippen LogP contribution in [0.2, 0.25) is 0 Å². The van der Waals surface area contributed by atoms with Crippen LogP contribution in [0.4, 0.5) is 5.95 Å². The molecule has 3 N–H and O–H groups in total. The third-order valence-electron chi connectivity index (χ3n) is 3.99. The van der Waals surface area contributed by atoms with E-state index in [0.717, 1.165) is 32.2 Å². The normalized spacial score (nSPS) is 11.9. The highest BCUT2D eigenvalue weighted by Crippen LogP contribution is 2.11. The first-order chi connectivity index (χ1) is 13.0. The Bertz CT molecular complexity index is 573. The number of hydrazine groups is 1. The molecule has 10 heteroatoms. The Morgan fingerprint density at radius 1 is 1.30 bits per heavy atom. The van der Waals surface area contributed by atoms with E-state index < -0.39 is 5.92 Å². The minimum atomic E-state index is -0.531. The molecule has 0 bridgehead atoms. The number of amides is 2. The lowest BCUT2D eigenvalue weighted by atomic mass is 10.0. The van der Waals surface area contributed by atoms with E-state index >= 15 is 0 Å². The van der Waals surface area contributed by atoms with Gasteiger partial charge in [0.1, 0.15) is 12.2 Å². The van der Waals surface area contributed by atoms with Crippen molar-refractivity contribution in [3.8, 4) is 0 Å². The second kappa shape index (κ2) is 12.9. The van der Waals surface area contributed by atoms with Crippen LogP contribution < -0.4 is 10.9 Å². The molecule has 0 fully saturated rings. The first-order valence-corrected chi connectivity index (χ1v) is 9.33. The average Bonchev–Trinajstić information content (AvgIpc) is 2.65. The number of hydroxylamine groups is 2. The van der Waals surface area contributed by atoms with Gasteiger partial charge in [-0.2, -0.15) is 9.97 Å². The van der Waals surface area contributed by atoms with Gasteiger partial charge in [-0.3, -0.25) is 30.5 Å². The van der Waals surface area contributed by atoms with Gasteiger partial charge in [0, 0.05) is 0 Å². The lowest BCUT2D eigenvalue weighted by Gasteiger charge is -2.19. The van der Waals surface area contributed by atoms with Gasteiger partial charge in [-0.15, -0.1) is 0 Å². The Kier molecular flexibility index (Phi) is 10.9. The van der Waals surface area contributed by atoms with Gasteiger partial charge in [0.15, 0.2) is 0 Å². The third kappa shape index (κ3) is 9.25. The third-order valence-corrected chi connectivity index (χ3v) is 3.99. The highest BCUT2D eigenvalue weighted by atomic mass is 16.5. The number of carbonyl (C=O) groups is 2. The van der Waals surface area contributed by atoms with Crippen molar-refractivity contribution in [2.24, 2.45) is 5.92 Å².